The predicted octanol–water partition coefficient (Wildman–Crippen LogP) is 2.37. The third-order valence-electron chi connectivity index (χ3n) is 3.62. The molecule has 142 valence electrons. The number of guanidine groups is 1. The summed E-state index contributed by atoms with van der Waals surface area (Å²) in [6, 6.07) is 4.25. The average molecular weight is 479 g/mol. The molecule has 1 saturated heterocycles. The van der Waals surface area contributed by atoms with Gasteiger partial charge in [0.15, 0.2) is 5.96 Å². The van der Waals surface area contributed by atoms with Crippen LogP contribution in [-0.2, 0) is 4.79 Å². The van der Waals surface area contributed by atoms with Gasteiger partial charge in [0.2, 0.25) is 5.91 Å². The first kappa shape index (κ1) is 22.0. The molecule has 1 aliphatic heterocycles. The molecule has 0 unspecified atom stereocenters. The molecule has 1 amide bonds. The van der Waals surface area contributed by atoms with Gasteiger partial charge in [-0.2, -0.15) is 0 Å². The fourth-order valence-corrected chi connectivity index (χ4v) is 3.40. The molecule has 8 heteroatoms. The first-order valence-electron chi connectivity index (χ1n) is 8.52. The lowest BCUT2D eigenvalue weighted by molar-refractivity contribution is -0.121. The fraction of sp³-hybridized carbons (Fsp3) is 0.647. The predicted molar refractivity (Wildman–Crippen MR) is 117 cm³/mol. The van der Waals surface area contributed by atoms with E-state index >= 15 is 0 Å². The summed E-state index contributed by atoms with van der Waals surface area (Å²) in [7, 11) is 0. The number of nitrogens with one attached hydrogen (secondary N) is 2. The summed E-state index contributed by atoms with van der Waals surface area (Å²) in [5.74, 6) is 0.780. The molecule has 0 bridgehead atoms. The largest absolute Gasteiger partial charge is 0.360 e. The van der Waals surface area contributed by atoms with Crippen LogP contribution in [0, 0.1) is 0 Å². The highest BCUT2D eigenvalue weighted by Crippen LogP contribution is 2.22. The number of aliphatic imine (C=N–C) groups is 1. The van der Waals surface area contributed by atoms with E-state index in [9.17, 15) is 4.79 Å². The second kappa shape index (κ2) is 10.2. The van der Waals surface area contributed by atoms with Crippen molar-refractivity contribution in [3.05, 3.63) is 17.5 Å². The number of thiophene rings is 1. The van der Waals surface area contributed by atoms with Gasteiger partial charge in [0.1, 0.15) is 6.54 Å². The maximum Gasteiger partial charge on any atom is 0.242 e. The molecular weight excluding hydrogens is 449 g/mol. The summed E-state index contributed by atoms with van der Waals surface area (Å²) < 4.78 is 0. The van der Waals surface area contributed by atoms with Gasteiger partial charge in [0.05, 0.1) is 5.00 Å². The van der Waals surface area contributed by atoms with Crippen molar-refractivity contribution in [1.29, 1.82) is 0 Å². The summed E-state index contributed by atoms with van der Waals surface area (Å²) in [6.45, 7) is 12.7. The topological polar surface area (TPSA) is 60.0 Å². The Kier molecular flexibility index (Phi) is 8.98. The first-order valence-corrected chi connectivity index (χ1v) is 9.40. The zero-order valence-electron chi connectivity index (χ0n) is 15.5. The molecule has 0 spiro atoms. The number of halogens is 1. The second-order valence-electron chi connectivity index (χ2n) is 6.89. The third-order valence-corrected chi connectivity index (χ3v) is 4.55. The molecule has 0 saturated carbocycles. The smallest absolute Gasteiger partial charge is 0.242 e. The van der Waals surface area contributed by atoms with Gasteiger partial charge >= 0.3 is 0 Å². The Morgan fingerprint density at radius 1 is 1.28 bits per heavy atom. The van der Waals surface area contributed by atoms with Gasteiger partial charge in [0, 0.05) is 38.3 Å². The highest BCUT2D eigenvalue weighted by molar-refractivity contribution is 14.0. The van der Waals surface area contributed by atoms with Gasteiger partial charge < -0.3 is 20.4 Å². The Morgan fingerprint density at radius 3 is 2.48 bits per heavy atom. The van der Waals surface area contributed by atoms with Gasteiger partial charge in [-0.1, -0.05) is 0 Å². The van der Waals surface area contributed by atoms with Crippen molar-refractivity contribution < 1.29 is 4.79 Å². The summed E-state index contributed by atoms with van der Waals surface area (Å²) in [5.41, 5.74) is -0.225. The van der Waals surface area contributed by atoms with Crippen molar-refractivity contribution in [3.63, 3.8) is 0 Å². The van der Waals surface area contributed by atoms with E-state index in [0.717, 1.165) is 38.7 Å². The SMILES string of the molecule is CCNC(=NCC(=O)NC(C)(C)C)N1CCN(c2cccs2)CC1.I. The number of rotatable bonds is 4. The van der Waals surface area contributed by atoms with Crippen LogP contribution in [0.15, 0.2) is 22.5 Å². The number of hydrogen-bond donors (Lipinski definition) is 2. The number of carbonyl (C=O) groups is 1. The van der Waals surface area contributed by atoms with Crippen LogP contribution in [0.4, 0.5) is 5.00 Å². The quantitative estimate of drug-likeness (QED) is 0.396. The van der Waals surface area contributed by atoms with E-state index in [1.54, 1.807) is 11.3 Å². The highest BCUT2D eigenvalue weighted by atomic mass is 127. The number of nitrogens with zero attached hydrogens (tertiary/aromatic N) is 3. The first-order chi connectivity index (χ1) is 11.4. The maximum absolute atomic E-state index is 12.0. The fourth-order valence-electron chi connectivity index (χ4n) is 2.62. The number of anilines is 1. The van der Waals surface area contributed by atoms with Gasteiger partial charge in [0.25, 0.3) is 0 Å². The minimum Gasteiger partial charge on any atom is -0.360 e. The number of amides is 1. The van der Waals surface area contributed by atoms with Gasteiger partial charge in [-0.15, -0.1) is 35.3 Å². The molecule has 25 heavy (non-hydrogen) atoms. The van der Waals surface area contributed by atoms with Crippen molar-refractivity contribution in [3.8, 4) is 0 Å². The van der Waals surface area contributed by atoms with E-state index in [-0.39, 0.29) is 42.0 Å². The molecule has 0 radical (unpaired) electrons. The monoisotopic (exact) mass is 479 g/mol. The van der Waals surface area contributed by atoms with E-state index in [1.165, 1.54) is 5.00 Å². The van der Waals surface area contributed by atoms with Crippen LogP contribution in [-0.4, -0.2) is 61.6 Å². The molecular formula is C17H30IN5OS. The van der Waals surface area contributed by atoms with Crippen LogP contribution in [0.5, 0.6) is 0 Å². The zero-order chi connectivity index (χ0) is 17.6. The molecule has 1 fully saturated rings. The Hall–Kier alpha value is -1.03. The van der Waals surface area contributed by atoms with E-state index in [0.29, 0.717) is 0 Å². The Labute approximate surface area is 172 Å². The minimum absolute atomic E-state index is 0. The van der Waals surface area contributed by atoms with Crippen LogP contribution in [0.2, 0.25) is 0 Å². The molecule has 1 aliphatic rings. The van der Waals surface area contributed by atoms with Crippen LogP contribution in [0.1, 0.15) is 27.7 Å². The number of piperazine rings is 1. The van der Waals surface area contributed by atoms with E-state index in [2.05, 4.69) is 42.9 Å². The Morgan fingerprint density at radius 2 is 1.96 bits per heavy atom. The van der Waals surface area contributed by atoms with Crippen LogP contribution in [0.3, 0.4) is 0 Å². The molecule has 2 rings (SSSR count). The lowest BCUT2D eigenvalue weighted by Crippen LogP contribution is -2.52. The summed E-state index contributed by atoms with van der Waals surface area (Å²) in [6.07, 6.45) is 0. The zero-order valence-corrected chi connectivity index (χ0v) is 18.7. The normalized spacial score (nSPS) is 15.6. The summed E-state index contributed by atoms with van der Waals surface area (Å²) in [5, 5.41) is 9.68. The van der Waals surface area contributed by atoms with Crippen LogP contribution < -0.4 is 15.5 Å². The molecule has 0 aromatic carbocycles. The second-order valence-corrected chi connectivity index (χ2v) is 7.82. The standard InChI is InChI=1S/C17H29N5OS.HI/c1-5-18-16(19-13-14(23)20-17(2,3)4)22-10-8-21(9-11-22)15-7-6-12-24-15;/h6-7,12H,5,8-11,13H2,1-4H3,(H,18,19)(H,20,23);1H. The van der Waals surface area contributed by atoms with Crippen molar-refractivity contribution in [2.24, 2.45) is 4.99 Å². The van der Waals surface area contributed by atoms with E-state index in [4.69, 9.17) is 0 Å². The lowest BCUT2D eigenvalue weighted by Gasteiger charge is -2.37. The molecule has 2 N–H and O–H groups in total. The Bertz CT molecular complexity index is 548. The summed E-state index contributed by atoms with van der Waals surface area (Å²) in [4.78, 5) is 21.1. The van der Waals surface area contributed by atoms with Crippen molar-refractivity contribution in [1.82, 2.24) is 15.5 Å². The molecule has 1 aromatic rings. The maximum atomic E-state index is 12.0. The van der Waals surface area contributed by atoms with Gasteiger partial charge in [-0.25, -0.2) is 4.99 Å². The number of hydrogen-bond acceptors (Lipinski definition) is 4. The van der Waals surface area contributed by atoms with E-state index in [1.807, 2.05) is 27.7 Å². The Balaban J connectivity index is 0.00000312. The van der Waals surface area contributed by atoms with Crippen LogP contribution >= 0.6 is 35.3 Å². The third kappa shape index (κ3) is 7.39. The van der Waals surface area contributed by atoms with Crippen LogP contribution in [0.25, 0.3) is 0 Å². The minimum atomic E-state index is -0.225. The molecule has 6 nitrogen and oxygen atoms in total. The average Bonchev–Trinajstić information content (AvgIpc) is 3.04. The van der Waals surface area contributed by atoms with E-state index < -0.39 is 0 Å². The van der Waals surface area contributed by atoms with Gasteiger partial charge in [-0.3, -0.25) is 4.79 Å². The van der Waals surface area contributed by atoms with Gasteiger partial charge in [-0.05, 0) is 45.2 Å². The molecule has 1 aromatic heterocycles. The molecule has 0 atom stereocenters. The summed E-state index contributed by atoms with van der Waals surface area (Å²) >= 11 is 1.78. The molecule has 2 heterocycles. The highest BCUT2D eigenvalue weighted by Gasteiger charge is 2.21. The molecule has 0 aliphatic carbocycles. The lowest BCUT2D eigenvalue weighted by atomic mass is 10.1. The van der Waals surface area contributed by atoms with Crippen molar-refractivity contribution in [2.75, 3.05) is 44.2 Å². The van der Waals surface area contributed by atoms with Crippen molar-refractivity contribution in [2.45, 2.75) is 33.2 Å². The number of carbonyl (C=O) groups excluding carboxylic acids is 1. The van der Waals surface area contributed by atoms with Crippen molar-refractivity contribution >= 4 is 52.2 Å².